The first kappa shape index (κ1) is 13.6. The molecule has 1 amide bonds. The summed E-state index contributed by atoms with van der Waals surface area (Å²) >= 11 is 0. The van der Waals surface area contributed by atoms with E-state index in [0.29, 0.717) is 17.0 Å². The van der Waals surface area contributed by atoms with E-state index >= 15 is 0 Å². The SMILES string of the molecule is Cc1cc(C)c(/C=C2/C(=O)NN=C2c2cc3ccccc3o2)[nH]1. The van der Waals surface area contributed by atoms with E-state index in [1.54, 1.807) is 0 Å². The van der Waals surface area contributed by atoms with Gasteiger partial charge >= 0.3 is 0 Å². The van der Waals surface area contributed by atoms with Crippen molar-refractivity contribution >= 4 is 28.7 Å². The molecule has 5 nitrogen and oxygen atoms in total. The molecule has 0 saturated heterocycles. The van der Waals surface area contributed by atoms with Crippen LogP contribution in [0.3, 0.4) is 0 Å². The quantitative estimate of drug-likeness (QED) is 0.713. The molecule has 0 bridgehead atoms. The Morgan fingerprint density at radius 2 is 2.00 bits per heavy atom. The summed E-state index contributed by atoms with van der Waals surface area (Å²) in [6.45, 7) is 3.98. The number of para-hydroxylation sites is 1. The third-order valence-corrected chi connectivity index (χ3v) is 3.91. The van der Waals surface area contributed by atoms with Crippen LogP contribution in [0.15, 0.2) is 51.5 Å². The normalized spacial score (nSPS) is 16.2. The average molecular weight is 305 g/mol. The molecule has 0 unspecified atom stereocenters. The van der Waals surface area contributed by atoms with Crippen LogP contribution in [0.25, 0.3) is 17.0 Å². The minimum Gasteiger partial charge on any atom is -0.454 e. The largest absolute Gasteiger partial charge is 0.454 e. The fraction of sp³-hybridized carbons (Fsp3) is 0.111. The Labute approximate surface area is 132 Å². The molecule has 1 aliphatic heterocycles. The molecule has 1 aliphatic rings. The number of carbonyl (C=O) groups excluding carboxylic acids is 1. The number of H-pyrrole nitrogens is 1. The van der Waals surface area contributed by atoms with E-state index in [1.807, 2.05) is 56.3 Å². The molecule has 0 atom stereocenters. The molecule has 0 aliphatic carbocycles. The van der Waals surface area contributed by atoms with E-state index in [2.05, 4.69) is 15.5 Å². The van der Waals surface area contributed by atoms with E-state index in [1.165, 1.54) is 0 Å². The van der Waals surface area contributed by atoms with Gasteiger partial charge in [-0.05, 0) is 43.7 Å². The number of furan rings is 1. The predicted molar refractivity (Wildman–Crippen MR) is 89.1 cm³/mol. The number of amides is 1. The minimum atomic E-state index is -0.230. The van der Waals surface area contributed by atoms with Gasteiger partial charge in [0.05, 0.1) is 5.57 Å². The molecule has 114 valence electrons. The summed E-state index contributed by atoms with van der Waals surface area (Å²) in [6, 6.07) is 11.7. The van der Waals surface area contributed by atoms with E-state index in [9.17, 15) is 4.79 Å². The monoisotopic (exact) mass is 305 g/mol. The maximum atomic E-state index is 12.1. The summed E-state index contributed by atoms with van der Waals surface area (Å²) in [7, 11) is 0. The molecule has 2 N–H and O–H groups in total. The third kappa shape index (κ3) is 2.26. The van der Waals surface area contributed by atoms with Gasteiger partial charge in [-0.1, -0.05) is 18.2 Å². The van der Waals surface area contributed by atoms with Crippen molar-refractivity contribution in [3.05, 3.63) is 64.7 Å². The number of aromatic amines is 1. The molecule has 23 heavy (non-hydrogen) atoms. The Morgan fingerprint density at radius 1 is 1.17 bits per heavy atom. The Morgan fingerprint density at radius 3 is 2.74 bits per heavy atom. The molecule has 4 rings (SSSR count). The molecule has 3 aromatic rings. The zero-order valence-corrected chi connectivity index (χ0v) is 12.8. The summed E-state index contributed by atoms with van der Waals surface area (Å²) in [4.78, 5) is 15.4. The molecule has 0 spiro atoms. The summed E-state index contributed by atoms with van der Waals surface area (Å²) in [5.74, 6) is 0.351. The predicted octanol–water partition coefficient (Wildman–Crippen LogP) is 3.30. The minimum absolute atomic E-state index is 0.230. The Bertz CT molecular complexity index is 956. The van der Waals surface area contributed by atoms with Crippen molar-refractivity contribution in [1.29, 1.82) is 0 Å². The number of aromatic nitrogens is 1. The number of nitrogens with zero attached hydrogens (tertiary/aromatic N) is 1. The average Bonchev–Trinajstić information content (AvgIpc) is 3.18. The second-order valence-electron chi connectivity index (χ2n) is 5.66. The summed E-state index contributed by atoms with van der Waals surface area (Å²) < 4.78 is 5.83. The van der Waals surface area contributed by atoms with Gasteiger partial charge in [0, 0.05) is 16.8 Å². The Hall–Kier alpha value is -3.08. The number of carbonyl (C=O) groups is 1. The van der Waals surface area contributed by atoms with E-state index in [4.69, 9.17) is 4.42 Å². The highest BCUT2D eigenvalue weighted by Crippen LogP contribution is 2.25. The van der Waals surface area contributed by atoms with Crippen LogP contribution in [0, 0.1) is 13.8 Å². The Balaban J connectivity index is 1.81. The maximum absolute atomic E-state index is 12.1. The zero-order valence-electron chi connectivity index (χ0n) is 12.8. The second-order valence-corrected chi connectivity index (χ2v) is 5.66. The van der Waals surface area contributed by atoms with Gasteiger partial charge in [0.2, 0.25) is 0 Å². The van der Waals surface area contributed by atoms with Gasteiger partial charge in [-0.15, -0.1) is 0 Å². The van der Waals surface area contributed by atoms with Crippen LogP contribution in [0.1, 0.15) is 22.7 Å². The number of benzene rings is 1. The van der Waals surface area contributed by atoms with Crippen LogP contribution in [0.2, 0.25) is 0 Å². The second kappa shape index (κ2) is 4.98. The smallest absolute Gasteiger partial charge is 0.273 e. The van der Waals surface area contributed by atoms with Crippen molar-refractivity contribution in [2.75, 3.05) is 0 Å². The lowest BCUT2D eigenvalue weighted by molar-refractivity contribution is -0.116. The van der Waals surface area contributed by atoms with Crippen molar-refractivity contribution in [3.63, 3.8) is 0 Å². The van der Waals surface area contributed by atoms with E-state index < -0.39 is 0 Å². The van der Waals surface area contributed by atoms with Crippen molar-refractivity contribution in [2.24, 2.45) is 5.10 Å². The molecule has 0 fully saturated rings. The van der Waals surface area contributed by atoms with Crippen LogP contribution in [-0.2, 0) is 4.79 Å². The van der Waals surface area contributed by atoms with Crippen LogP contribution in [0.4, 0.5) is 0 Å². The lowest BCUT2D eigenvalue weighted by Gasteiger charge is -1.98. The summed E-state index contributed by atoms with van der Waals surface area (Å²) in [6.07, 6.45) is 1.82. The van der Waals surface area contributed by atoms with Crippen molar-refractivity contribution in [1.82, 2.24) is 10.4 Å². The van der Waals surface area contributed by atoms with Crippen LogP contribution < -0.4 is 5.43 Å². The molecule has 3 heterocycles. The summed E-state index contributed by atoms with van der Waals surface area (Å²) in [5.41, 5.74) is 7.34. The first-order chi connectivity index (χ1) is 11.1. The number of hydrazone groups is 1. The fourth-order valence-corrected chi connectivity index (χ4v) is 2.80. The number of fused-ring (bicyclic) bond motifs is 1. The van der Waals surface area contributed by atoms with Gasteiger partial charge in [-0.25, -0.2) is 5.43 Å². The highest BCUT2D eigenvalue weighted by molar-refractivity contribution is 6.32. The first-order valence-corrected chi connectivity index (χ1v) is 7.37. The highest BCUT2D eigenvalue weighted by Gasteiger charge is 2.27. The van der Waals surface area contributed by atoms with Gasteiger partial charge in [0.15, 0.2) is 5.76 Å². The Kier molecular flexibility index (Phi) is 2.94. The van der Waals surface area contributed by atoms with Crippen LogP contribution >= 0.6 is 0 Å². The molecule has 2 aromatic heterocycles. The lowest BCUT2D eigenvalue weighted by Crippen LogP contribution is -2.13. The van der Waals surface area contributed by atoms with Gasteiger partial charge in [-0.2, -0.15) is 5.10 Å². The molecule has 1 aromatic carbocycles. The topological polar surface area (TPSA) is 70.4 Å². The number of hydrogen-bond acceptors (Lipinski definition) is 3. The van der Waals surface area contributed by atoms with Crippen LogP contribution in [-0.4, -0.2) is 16.6 Å². The molecular weight excluding hydrogens is 290 g/mol. The van der Waals surface area contributed by atoms with Crippen molar-refractivity contribution < 1.29 is 9.21 Å². The number of aryl methyl sites for hydroxylation is 2. The van der Waals surface area contributed by atoms with Crippen LogP contribution in [0.5, 0.6) is 0 Å². The number of nitrogens with one attached hydrogen (secondary N) is 2. The van der Waals surface area contributed by atoms with Gasteiger partial charge < -0.3 is 9.40 Å². The first-order valence-electron chi connectivity index (χ1n) is 7.37. The standard InChI is InChI=1S/C18H15N3O2/c1-10-7-11(2)19-14(10)9-13-17(20-21-18(13)22)16-8-12-5-3-4-6-15(12)23-16/h3-9,19H,1-2H3,(H,21,22)/b13-9+. The molecule has 0 radical (unpaired) electrons. The van der Waals surface area contributed by atoms with E-state index in [0.717, 1.165) is 27.9 Å². The lowest BCUT2D eigenvalue weighted by atomic mass is 10.1. The maximum Gasteiger partial charge on any atom is 0.273 e. The van der Waals surface area contributed by atoms with Gasteiger partial charge in [0.25, 0.3) is 5.91 Å². The zero-order chi connectivity index (χ0) is 16.0. The third-order valence-electron chi connectivity index (χ3n) is 3.91. The molecule has 0 saturated carbocycles. The fourth-order valence-electron chi connectivity index (χ4n) is 2.80. The number of rotatable bonds is 2. The van der Waals surface area contributed by atoms with Crippen molar-refractivity contribution in [3.8, 4) is 0 Å². The van der Waals surface area contributed by atoms with Gasteiger partial charge in [0.1, 0.15) is 11.3 Å². The number of hydrogen-bond donors (Lipinski definition) is 2. The van der Waals surface area contributed by atoms with Gasteiger partial charge in [-0.3, -0.25) is 4.79 Å². The van der Waals surface area contributed by atoms with Crippen molar-refractivity contribution in [2.45, 2.75) is 13.8 Å². The molecule has 5 heteroatoms. The summed E-state index contributed by atoms with van der Waals surface area (Å²) in [5, 5.41) is 5.12. The highest BCUT2D eigenvalue weighted by atomic mass is 16.3. The molecular formula is C18H15N3O2. The van der Waals surface area contributed by atoms with E-state index in [-0.39, 0.29) is 5.91 Å².